The first kappa shape index (κ1) is 10.6. The number of aliphatic carboxylic acids is 1. The average Bonchev–Trinajstić information content (AvgIpc) is 3.02. The molecule has 2 aromatic rings. The van der Waals surface area contributed by atoms with Crippen LogP contribution >= 0.6 is 11.3 Å². The summed E-state index contributed by atoms with van der Waals surface area (Å²) in [6, 6.07) is 8.40. The number of carbonyl (C=O) groups is 1. The number of rotatable bonds is 3. The van der Waals surface area contributed by atoms with Gasteiger partial charge in [0, 0.05) is 28.6 Å². The molecule has 1 aromatic carbocycles. The summed E-state index contributed by atoms with van der Waals surface area (Å²) < 4.78 is 1.25. The third-order valence-electron chi connectivity index (χ3n) is 3.41. The van der Waals surface area contributed by atoms with Gasteiger partial charge in [-0.1, -0.05) is 18.2 Å². The van der Waals surface area contributed by atoms with E-state index in [0.717, 1.165) is 12.1 Å². The predicted molar refractivity (Wildman–Crippen MR) is 69.8 cm³/mol. The first-order chi connectivity index (χ1) is 8.18. The second-order valence-corrected chi connectivity index (χ2v) is 5.39. The number of fused-ring (bicyclic) bond motifs is 1. The summed E-state index contributed by atoms with van der Waals surface area (Å²) in [6.07, 6.45) is 0.760. The predicted octanol–water partition coefficient (Wildman–Crippen LogP) is 2.81. The van der Waals surface area contributed by atoms with E-state index in [4.69, 9.17) is 5.11 Å². The van der Waals surface area contributed by atoms with Crippen molar-refractivity contribution < 1.29 is 9.90 Å². The van der Waals surface area contributed by atoms with Crippen molar-refractivity contribution in [3.63, 3.8) is 0 Å². The molecule has 1 N–H and O–H groups in total. The zero-order chi connectivity index (χ0) is 12.0. The van der Waals surface area contributed by atoms with Crippen LogP contribution in [-0.4, -0.2) is 24.2 Å². The molecule has 0 bridgehead atoms. The minimum atomic E-state index is -0.679. The number of nitrogens with zero attached hydrogens (tertiary/aromatic N) is 1. The van der Waals surface area contributed by atoms with Gasteiger partial charge in [0.05, 0.1) is 11.6 Å². The number of carboxylic acids is 1. The van der Waals surface area contributed by atoms with Gasteiger partial charge in [-0.05, 0) is 12.5 Å². The van der Waals surface area contributed by atoms with Crippen LogP contribution in [0.3, 0.4) is 0 Å². The topological polar surface area (TPSA) is 40.5 Å². The molecule has 1 aromatic heterocycles. The van der Waals surface area contributed by atoms with E-state index >= 15 is 0 Å². The summed E-state index contributed by atoms with van der Waals surface area (Å²) in [7, 11) is 1.99. The van der Waals surface area contributed by atoms with Crippen molar-refractivity contribution >= 4 is 33.1 Å². The fraction of sp³-hybridized carbons (Fsp3) is 0.308. The Kier molecular flexibility index (Phi) is 2.33. The molecule has 1 aliphatic carbocycles. The Morgan fingerprint density at radius 1 is 1.47 bits per heavy atom. The number of hydrogen-bond donors (Lipinski definition) is 1. The molecule has 88 valence electrons. The molecule has 0 aliphatic heterocycles. The van der Waals surface area contributed by atoms with Crippen molar-refractivity contribution in [2.45, 2.75) is 12.5 Å². The van der Waals surface area contributed by atoms with Crippen LogP contribution in [0.1, 0.15) is 6.42 Å². The van der Waals surface area contributed by atoms with Gasteiger partial charge in [-0.15, -0.1) is 11.3 Å². The molecule has 17 heavy (non-hydrogen) atoms. The fourth-order valence-electron chi connectivity index (χ4n) is 2.29. The molecule has 1 heterocycles. The van der Waals surface area contributed by atoms with E-state index in [1.165, 1.54) is 10.1 Å². The third-order valence-corrected chi connectivity index (χ3v) is 4.36. The second kappa shape index (κ2) is 3.74. The first-order valence-corrected chi connectivity index (χ1v) is 6.48. The van der Waals surface area contributed by atoms with Crippen LogP contribution in [0.4, 0.5) is 5.69 Å². The van der Waals surface area contributed by atoms with Gasteiger partial charge in [-0.25, -0.2) is 0 Å². The van der Waals surface area contributed by atoms with E-state index in [-0.39, 0.29) is 12.0 Å². The Balaban J connectivity index is 1.92. The highest BCUT2D eigenvalue weighted by Gasteiger charge is 2.46. The molecule has 4 heteroatoms. The largest absolute Gasteiger partial charge is 0.481 e. The lowest BCUT2D eigenvalue weighted by molar-refractivity contribution is -0.138. The van der Waals surface area contributed by atoms with Gasteiger partial charge < -0.3 is 10.0 Å². The van der Waals surface area contributed by atoms with Gasteiger partial charge in [-0.2, -0.15) is 0 Å². The molecule has 0 amide bonds. The lowest BCUT2D eigenvalue weighted by atomic mass is 10.2. The average molecular weight is 247 g/mol. The van der Waals surface area contributed by atoms with Gasteiger partial charge in [0.1, 0.15) is 0 Å². The first-order valence-electron chi connectivity index (χ1n) is 5.60. The van der Waals surface area contributed by atoms with E-state index in [0.29, 0.717) is 0 Å². The Labute approximate surface area is 103 Å². The van der Waals surface area contributed by atoms with E-state index in [9.17, 15) is 4.79 Å². The number of hydrogen-bond acceptors (Lipinski definition) is 3. The summed E-state index contributed by atoms with van der Waals surface area (Å²) in [4.78, 5) is 13.0. The Bertz CT molecular complexity index is 578. The summed E-state index contributed by atoms with van der Waals surface area (Å²) >= 11 is 1.71. The minimum absolute atomic E-state index is 0.158. The van der Waals surface area contributed by atoms with Crippen LogP contribution in [0.2, 0.25) is 0 Å². The minimum Gasteiger partial charge on any atom is -0.481 e. The van der Waals surface area contributed by atoms with Crippen LogP contribution in [0.25, 0.3) is 10.1 Å². The quantitative estimate of drug-likeness (QED) is 0.906. The molecule has 1 saturated carbocycles. The molecule has 2 atom stereocenters. The zero-order valence-electron chi connectivity index (χ0n) is 9.46. The van der Waals surface area contributed by atoms with Gasteiger partial charge >= 0.3 is 5.97 Å². The van der Waals surface area contributed by atoms with Gasteiger partial charge in [0.2, 0.25) is 0 Å². The summed E-state index contributed by atoms with van der Waals surface area (Å²) in [6.45, 7) is 0. The number of benzene rings is 1. The molecule has 0 spiro atoms. The van der Waals surface area contributed by atoms with Crippen molar-refractivity contribution in [3.8, 4) is 0 Å². The van der Waals surface area contributed by atoms with E-state index in [2.05, 4.69) is 22.4 Å². The number of thiophene rings is 1. The smallest absolute Gasteiger partial charge is 0.308 e. The van der Waals surface area contributed by atoms with Crippen LogP contribution in [0.5, 0.6) is 0 Å². The normalized spacial score (nSPS) is 22.6. The summed E-state index contributed by atoms with van der Waals surface area (Å²) in [5.74, 6) is -0.875. The fourth-order valence-corrected chi connectivity index (χ4v) is 3.28. The van der Waals surface area contributed by atoms with Crippen molar-refractivity contribution in [1.29, 1.82) is 0 Å². The molecule has 3 nitrogen and oxygen atoms in total. The molecule has 1 aliphatic rings. The zero-order valence-corrected chi connectivity index (χ0v) is 10.3. The molecule has 3 rings (SSSR count). The third kappa shape index (κ3) is 1.69. The Hall–Kier alpha value is -1.55. The Morgan fingerprint density at radius 3 is 2.94 bits per heavy atom. The molecular weight excluding hydrogens is 234 g/mol. The summed E-state index contributed by atoms with van der Waals surface area (Å²) in [5.41, 5.74) is 1.15. The SMILES string of the molecule is CN(c1csc2ccccc12)C1CC1C(=O)O. The van der Waals surface area contributed by atoms with Crippen LogP contribution in [0, 0.1) is 5.92 Å². The highest BCUT2D eigenvalue weighted by Crippen LogP contribution is 2.41. The maximum Gasteiger partial charge on any atom is 0.308 e. The number of anilines is 1. The second-order valence-electron chi connectivity index (χ2n) is 4.48. The highest BCUT2D eigenvalue weighted by molar-refractivity contribution is 7.17. The van der Waals surface area contributed by atoms with Crippen molar-refractivity contribution in [3.05, 3.63) is 29.6 Å². The molecule has 1 fully saturated rings. The van der Waals surface area contributed by atoms with Crippen molar-refractivity contribution in [1.82, 2.24) is 0 Å². The Morgan fingerprint density at radius 2 is 2.24 bits per heavy atom. The van der Waals surface area contributed by atoms with E-state index < -0.39 is 5.97 Å². The standard InChI is InChI=1S/C13H13NO2S/c1-14(10-6-9(10)13(15)16)11-7-17-12-5-3-2-4-8(11)12/h2-5,7,9-10H,6H2,1H3,(H,15,16). The van der Waals surface area contributed by atoms with Crippen molar-refractivity contribution in [2.75, 3.05) is 11.9 Å². The van der Waals surface area contributed by atoms with Crippen LogP contribution < -0.4 is 4.90 Å². The van der Waals surface area contributed by atoms with Crippen LogP contribution in [-0.2, 0) is 4.79 Å². The summed E-state index contributed by atoms with van der Waals surface area (Å²) in [5, 5.41) is 12.3. The van der Waals surface area contributed by atoms with Gasteiger partial charge in [-0.3, -0.25) is 4.79 Å². The van der Waals surface area contributed by atoms with Crippen LogP contribution in [0.15, 0.2) is 29.6 Å². The maximum absolute atomic E-state index is 10.9. The monoisotopic (exact) mass is 247 g/mol. The van der Waals surface area contributed by atoms with E-state index in [1.807, 2.05) is 19.2 Å². The highest BCUT2D eigenvalue weighted by atomic mass is 32.1. The van der Waals surface area contributed by atoms with Crippen molar-refractivity contribution in [2.24, 2.45) is 5.92 Å². The number of carboxylic acid groups (broad SMARTS) is 1. The molecule has 0 radical (unpaired) electrons. The molecular formula is C13H13NO2S. The lowest BCUT2D eigenvalue weighted by Gasteiger charge is -2.18. The molecule has 0 saturated heterocycles. The van der Waals surface area contributed by atoms with Gasteiger partial charge in [0.25, 0.3) is 0 Å². The van der Waals surface area contributed by atoms with E-state index in [1.54, 1.807) is 11.3 Å². The molecule has 2 unspecified atom stereocenters. The van der Waals surface area contributed by atoms with Gasteiger partial charge in [0.15, 0.2) is 0 Å². The lowest BCUT2D eigenvalue weighted by Crippen LogP contribution is -2.23. The maximum atomic E-state index is 10.9.